The molecule has 2 aromatic rings. The van der Waals surface area contributed by atoms with E-state index in [4.69, 9.17) is 9.47 Å². The molecule has 0 atom stereocenters. The van der Waals surface area contributed by atoms with E-state index in [0.717, 1.165) is 12.8 Å². The minimum absolute atomic E-state index is 0.101. The number of nitrogens with zero attached hydrogens (tertiary/aromatic N) is 1. The minimum atomic E-state index is -0.101. The molecule has 0 aliphatic rings. The third-order valence-electron chi connectivity index (χ3n) is 4.34. The fourth-order valence-electron chi connectivity index (χ4n) is 2.85. The van der Waals surface area contributed by atoms with Crippen LogP contribution in [0, 0.1) is 0 Å². The van der Waals surface area contributed by atoms with Crippen LogP contribution in [0.2, 0.25) is 0 Å². The number of benzene rings is 1. The first-order valence-corrected chi connectivity index (χ1v) is 8.61. The summed E-state index contributed by atoms with van der Waals surface area (Å²) in [6, 6.07) is 9.49. The van der Waals surface area contributed by atoms with Crippen LogP contribution in [0.25, 0.3) is 0 Å². The van der Waals surface area contributed by atoms with Crippen LogP contribution in [0.15, 0.2) is 42.7 Å². The van der Waals surface area contributed by atoms with E-state index in [9.17, 15) is 4.79 Å². The summed E-state index contributed by atoms with van der Waals surface area (Å²) < 4.78 is 12.3. The lowest BCUT2D eigenvalue weighted by Gasteiger charge is -2.11. The minimum Gasteiger partial charge on any atom is -0.497 e. The molecule has 1 N–H and O–H groups in total. The molecule has 5 nitrogen and oxygen atoms in total. The van der Waals surface area contributed by atoms with Gasteiger partial charge < -0.3 is 14.8 Å². The monoisotopic (exact) mass is 343 g/mol. The number of hydrogen-bond acceptors (Lipinski definition) is 3. The Hall–Kier alpha value is -2.56. The van der Waals surface area contributed by atoms with Gasteiger partial charge in [-0.05, 0) is 24.3 Å². The van der Waals surface area contributed by atoms with E-state index < -0.39 is 0 Å². The van der Waals surface area contributed by atoms with E-state index in [1.54, 1.807) is 32.4 Å². The molecule has 1 aromatic heterocycles. The number of pyridine rings is 1. The molecule has 0 bridgehead atoms. The summed E-state index contributed by atoms with van der Waals surface area (Å²) in [7, 11) is 3.16. The summed E-state index contributed by atoms with van der Waals surface area (Å²) in [6.45, 7) is 4.65. The van der Waals surface area contributed by atoms with Crippen LogP contribution in [0.1, 0.15) is 38.2 Å². The molecular weight excluding hydrogens is 316 g/mol. The number of nitrogens with one attached hydrogen (secondary N) is 1. The number of rotatable bonds is 8. The van der Waals surface area contributed by atoms with Crippen LogP contribution < -0.4 is 19.4 Å². The summed E-state index contributed by atoms with van der Waals surface area (Å²) in [4.78, 5) is 12.3. The molecule has 0 aliphatic carbocycles. The topological polar surface area (TPSA) is 51.4 Å². The maximum absolute atomic E-state index is 12.3. The fraction of sp³-hybridized carbons (Fsp3) is 0.400. The van der Waals surface area contributed by atoms with Crippen molar-refractivity contribution in [1.29, 1.82) is 0 Å². The third kappa shape index (κ3) is 5.21. The first-order chi connectivity index (χ1) is 12.1. The van der Waals surface area contributed by atoms with Gasteiger partial charge in [0.05, 0.1) is 14.2 Å². The van der Waals surface area contributed by atoms with Gasteiger partial charge in [0.1, 0.15) is 11.5 Å². The first kappa shape index (κ1) is 18.8. The molecule has 0 saturated carbocycles. The van der Waals surface area contributed by atoms with Gasteiger partial charge in [-0.25, -0.2) is 0 Å². The van der Waals surface area contributed by atoms with Crippen LogP contribution in [0.3, 0.4) is 0 Å². The lowest BCUT2D eigenvalue weighted by atomic mass is 9.95. The zero-order valence-corrected chi connectivity index (χ0v) is 15.4. The largest absolute Gasteiger partial charge is 0.497 e. The average Bonchev–Trinajstić information content (AvgIpc) is 2.63. The highest BCUT2D eigenvalue weighted by molar-refractivity contribution is 5.90. The van der Waals surface area contributed by atoms with Crippen LogP contribution in [-0.4, -0.2) is 20.1 Å². The number of carbonyl (C=O) groups excluding carboxylic acids is 1. The second kappa shape index (κ2) is 9.06. The number of anilines is 1. The second-order valence-corrected chi connectivity index (χ2v) is 5.97. The van der Waals surface area contributed by atoms with Crippen molar-refractivity contribution in [3.8, 4) is 11.5 Å². The lowest BCUT2D eigenvalue weighted by molar-refractivity contribution is -0.684. The highest BCUT2D eigenvalue weighted by Crippen LogP contribution is 2.25. The fourth-order valence-corrected chi connectivity index (χ4v) is 2.85. The van der Waals surface area contributed by atoms with Crippen molar-refractivity contribution in [2.45, 2.75) is 39.2 Å². The van der Waals surface area contributed by atoms with Crippen LogP contribution in [0.4, 0.5) is 5.69 Å². The summed E-state index contributed by atoms with van der Waals surface area (Å²) in [5.74, 6) is 1.75. The van der Waals surface area contributed by atoms with Crippen LogP contribution >= 0.6 is 0 Å². The molecule has 0 saturated heterocycles. The Balaban J connectivity index is 2.03. The zero-order chi connectivity index (χ0) is 18.2. The SMILES string of the molecule is CCC(CC)c1cc[n+](CC(=O)Nc2cc(OC)cc(OC)c2)cc1. The van der Waals surface area contributed by atoms with Crippen LogP contribution in [-0.2, 0) is 11.3 Å². The Kier molecular flexibility index (Phi) is 6.81. The molecule has 25 heavy (non-hydrogen) atoms. The first-order valence-electron chi connectivity index (χ1n) is 8.61. The Bertz CT molecular complexity index is 672. The highest BCUT2D eigenvalue weighted by Gasteiger charge is 2.13. The highest BCUT2D eigenvalue weighted by atomic mass is 16.5. The van der Waals surface area contributed by atoms with Crippen molar-refractivity contribution in [1.82, 2.24) is 0 Å². The molecule has 5 heteroatoms. The number of hydrogen-bond donors (Lipinski definition) is 1. The number of carbonyl (C=O) groups is 1. The molecule has 0 unspecified atom stereocenters. The molecule has 0 radical (unpaired) electrons. The van der Waals surface area contributed by atoms with Gasteiger partial charge in [-0.15, -0.1) is 0 Å². The predicted molar refractivity (Wildman–Crippen MR) is 98.1 cm³/mol. The Labute approximate surface area is 149 Å². The van der Waals surface area contributed by atoms with Gasteiger partial charge >= 0.3 is 0 Å². The van der Waals surface area contributed by atoms with Gasteiger partial charge in [0, 0.05) is 36.0 Å². The number of ether oxygens (including phenoxy) is 2. The zero-order valence-electron chi connectivity index (χ0n) is 15.4. The lowest BCUT2D eigenvalue weighted by Crippen LogP contribution is -2.39. The van der Waals surface area contributed by atoms with Crippen LogP contribution in [0.5, 0.6) is 11.5 Å². The smallest absolute Gasteiger partial charge is 0.290 e. The maximum atomic E-state index is 12.3. The standard InChI is InChI=1S/C20H26N2O3/c1-5-15(6-2)16-7-9-22(10-8-16)14-20(23)21-17-11-18(24-3)13-19(12-17)25-4/h7-13,15H,5-6,14H2,1-4H3/p+1. The maximum Gasteiger partial charge on any atom is 0.290 e. The summed E-state index contributed by atoms with van der Waals surface area (Å²) in [6.07, 6.45) is 6.16. The average molecular weight is 343 g/mol. The molecule has 2 rings (SSSR count). The Morgan fingerprint density at radius 3 is 2.08 bits per heavy atom. The van der Waals surface area contributed by atoms with E-state index in [1.165, 1.54) is 5.56 Å². The van der Waals surface area contributed by atoms with E-state index >= 15 is 0 Å². The summed E-state index contributed by atoms with van der Waals surface area (Å²) in [5.41, 5.74) is 1.97. The van der Waals surface area contributed by atoms with Crippen molar-refractivity contribution < 1.29 is 18.8 Å². The van der Waals surface area contributed by atoms with E-state index in [2.05, 4.69) is 31.3 Å². The Morgan fingerprint density at radius 2 is 1.60 bits per heavy atom. The predicted octanol–water partition coefficient (Wildman–Crippen LogP) is 3.53. The molecular formula is C20H27N2O3+. The van der Waals surface area contributed by atoms with Gasteiger partial charge in [0.15, 0.2) is 12.4 Å². The van der Waals surface area contributed by atoms with Crippen molar-refractivity contribution in [3.63, 3.8) is 0 Å². The number of methoxy groups -OCH3 is 2. The van der Waals surface area contributed by atoms with Gasteiger partial charge in [0.2, 0.25) is 6.54 Å². The second-order valence-electron chi connectivity index (χ2n) is 5.97. The molecule has 0 fully saturated rings. The van der Waals surface area contributed by atoms with E-state index in [1.807, 2.05) is 17.0 Å². The third-order valence-corrected chi connectivity index (χ3v) is 4.34. The van der Waals surface area contributed by atoms with Gasteiger partial charge in [-0.2, -0.15) is 4.57 Å². The Morgan fingerprint density at radius 1 is 1.04 bits per heavy atom. The summed E-state index contributed by atoms with van der Waals surface area (Å²) >= 11 is 0. The van der Waals surface area contributed by atoms with Crippen molar-refractivity contribution in [2.24, 2.45) is 0 Å². The molecule has 1 aromatic carbocycles. The van der Waals surface area contributed by atoms with Crippen molar-refractivity contribution >= 4 is 11.6 Å². The number of aromatic nitrogens is 1. The quantitative estimate of drug-likeness (QED) is 0.746. The van der Waals surface area contributed by atoms with E-state index in [-0.39, 0.29) is 12.5 Å². The molecule has 0 spiro atoms. The van der Waals surface area contributed by atoms with Crippen molar-refractivity contribution in [2.75, 3.05) is 19.5 Å². The van der Waals surface area contributed by atoms with Gasteiger partial charge in [-0.1, -0.05) is 13.8 Å². The number of amides is 1. The molecule has 1 amide bonds. The normalized spacial score (nSPS) is 10.6. The van der Waals surface area contributed by atoms with E-state index in [0.29, 0.717) is 23.1 Å². The molecule has 0 aliphatic heterocycles. The van der Waals surface area contributed by atoms with Gasteiger partial charge in [-0.3, -0.25) is 4.79 Å². The molecule has 1 heterocycles. The summed E-state index contributed by atoms with van der Waals surface area (Å²) in [5, 5.41) is 2.88. The van der Waals surface area contributed by atoms with Crippen molar-refractivity contribution in [3.05, 3.63) is 48.3 Å². The molecule has 134 valence electrons. The van der Waals surface area contributed by atoms with Gasteiger partial charge in [0.25, 0.3) is 5.91 Å².